The van der Waals surface area contributed by atoms with Crippen molar-refractivity contribution in [3.8, 4) is 0 Å². The summed E-state index contributed by atoms with van der Waals surface area (Å²) in [6, 6.07) is 10.7. The lowest BCUT2D eigenvalue weighted by atomic mass is 9.99. The van der Waals surface area contributed by atoms with Crippen molar-refractivity contribution in [1.82, 2.24) is 4.90 Å². The smallest absolute Gasteiger partial charge is 0.0409 e. The Morgan fingerprint density at radius 2 is 2.29 bits per heavy atom. The zero-order valence-corrected chi connectivity index (χ0v) is 13.8. The van der Waals surface area contributed by atoms with Crippen molar-refractivity contribution in [2.75, 3.05) is 13.1 Å². The van der Waals surface area contributed by atoms with Crippen molar-refractivity contribution in [1.29, 1.82) is 0 Å². The van der Waals surface area contributed by atoms with Gasteiger partial charge in [-0.1, -0.05) is 23.7 Å². The van der Waals surface area contributed by atoms with Gasteiger partial charge in [0.05, 0.1) is 0 Å². The van der Waals surface area contributed by atoms with Crippen molar-refractivity contribution in [2.24, 2.45) is 5.73 Å². The Morgan fingerprint density at radius 1 is 1.43 bits per heavy atom. The molecule has 112 valence electrons. The summed E-state index contributed by atoms with van der Waals surface area (Å²) >= 11 is 7.93. The van der Waals surface area contributed by atoms with Crippen molar-refractivity contribution < 1.29 is 0 Å². The lowest BCUT2D eigenvalue weighted by Crippen LogP contribution is -2.35. The first kappa shape index (κ1) is 15.0. The van der Waals surface area contributed by atoms with Gasteiger partial charge in [-0.15, -0.1) is 11.3 Å². The van der Waals surface area contributed by atoms with E-state index in [1.807, 2.05) is 29.5 Å². The molecule has 1 aromatic carbocycles. The standard InChI is InChI=1S/C17H21ClN2S/c1-12-15-7-10-21-17(15)6-9-20(12)8-5-16(19)13-3-2-4-14(18)11-13/h2-4,7,10-12,16H,5-6,8-9,19H2,1H3. The summed E-state index contributed by atoms with van der Waals surface area (Å²) in [7, 11) is 0. The van der Waals surface area contributed by atoms with Gasteiger partial charge in [-0.05, 0) is 54.5 Å². The minimum absolute atomic E-state index is 0.0553. The second kappa shape index (κ2) is 6.49. The van der Waals surface area contributed by atoms with Crippen LogP contribution < -0.4 is 5.73 Å². The zero-order valence-electron chi connectivity index (χ0n) is 12.3. The van der Waals surface area contributed by atoms with Crippen LogP contribution in [0, 0.1) is 0 Å². The molecule has 2 aromatic rings. The van der Waals surface area contributed by atoms with Gasteiger partial charge in [-0.25, -0.2) is 0 Å². The van der Waals surface area contributed by atoms with E-state index in [-0.39, 0.29) is 6.04 Å². The number of nitrogens with zero attached hydrogens (tertiary/aromatic N) is 1. The summed E-state index contributed by atoms with van der Waals surface area (Å²) in [4.78, 5) is 4.09. The Kier molecular flexibility index (Phi) is 4.65. The maximum atomic E-state index is 6.32. The fraction of sp³-hybridized carbons (Fsp3) is 0.412. The van der Waals surface area contributed by atoms with Crippen LogP contribution >= 0.6 is 22.9 Å². The lowest BCUT2D eigenvalue weighted by Gasteiger charge is -2.34. The van der Waals surface area contributed by atoms with Crippen LogP contribution in [0.2, 0.25) is 5.02 Å². The fourth-order valence-electron chi connectivity index (χ4n) is 3.08. The topological polar surface area (TPSA) is 29.3 Å². The van der Waals surface area contributed by atoms with Gasteiger partial charge < -0.3 is 5.73 Å². The summed E-state index contributed by atoms with van der Waals surface area (Å²) < 4.78 is 0. The van der Waals surface area contributed by atoms with E-state index < -0.39 is 0 Å². The maximum absolute atomic E-state index is 6.32. The van der Waals surface area contributed by atoms with Crippen LogP contribution in [0.5, 0.6) is 0 Å². The third-order valence-electron chi connectivity index (χ3n) is 4.41. The second-order valence-corrected chi connectivity index (χ2v) is 7.15. The third-order valence-corrected chi connectivity index (χ3v) is 5.64. The molecule has 0 bridgehead atoms. The molecular formula is C17H21ClN2S. The Hall–Kier alpha value is -0.870. The zero-order chi connectivity index (χ0) is 14.8. The van der Waals surface area contributed by atoms with Crippen LogP contribution in [0.3, 0.4) is 0 Å². The molecule has 0 aliphatic carbocycles. The quantitative estimate of drug-likeness (QED) is 0.904. The summed E-state index contributed by atoms with van der Waals surface area (Å²) in [5.74, 6) is 0. The highest BCUT2D eigenvalue weighted by atomic mass is 35.5. The first-order valence-corrected chi connectivity index (χ1v) is 8.72. The average molecular weight is 321 g/mol. The van der Waals surface area contributed by atoms with Crippen molar-refractivity contribution in [2.45, 2.75) is 31.8 Å². The predicted molar refractivity (Wildman–Crippen MR) is 91.0 cm³/mol. The Labute approximate surface area is 135 Å². The van der Waals surface area contributed by atoms with Gasteiger partial charge in [-0.2, -0.15) is 0 Å². The molecule has 2 nitrogen and oxygen atoms in total. The van der Waals surface area contributed by atoms with Gasteiger partial charge in [-0.3, -0.25) is 4.90 Å². The third kappa shape index (κ3) is 3.32. The minimum atomic E-state index is 0.0553. The number of rotatable bonds is 4. The molecule has 1 aliphatic heterocycles. The molecule has 0 spiro atoms. The van der Waals surface area contributed by atoms with Gasteiger partial charge in [0, 0.05) is 35.1 Å². The molecule has 4 heteroatoms. The van der Waals surface area contributed by atoms with E-state index in [9.17, 15) is 0 Å². The van der Waals surface area contributed by atoms with Crippen LogP contribution in [-0.2, 0) is 6.42 Å². The molecule has 2 atom stereocenters. The Morgan fingerprint density at radius 3 is 3.10 bits per heavy atom. The van der Waals surface area contributed by atoms with Crippen molar-refractivity contribution in [3.05, 3.63) is 56.7 Å². The van der Waals surface area contributed by atoms with E-state index >= 15 is 0 Å². The summed E-state index contributed by atoms with van der Waals surface area (Å²) in [5.41, 5.74) is 8.95. The molecular weight excluding hydrogens is 300 g/mol. The SMILES string of the molecule is CC1c2ccsc2CCN1CCC(N)c1cccc(Cl)c1. The monoisotopic (exact) mass is 320 g/mol. The molecule has 21 heavy (non-hydrogen) atoms. The highest BCUT2D eigenvalue weighted by Crippen LogP contribution is 2.33. The fourth-order valence-corrected chi connectivity index (χ4v) is 4.24. The van der Waals surface area contributed by atoms with E-state index in [1.165, 1.54) is 12.0 Å². The largest absolute Gasteiger partial charge is 0.324 e. The van der Waals surface area contributed by atoms with Gasteiger partial charge in [0.1, 0.15) is 0 Å². The predicted octanol–water partition coefficient (Wildman–Crippen LogP) is 4.41. The molecule has 1 aromatic heterocycles. The number of nitrogens with two attached hydrogens (primary N) is 1. The molecule has 3 rings (SSSR count). The molecule has 2 heterocycles. The number of halogens is 1. The van der Waals surface area contributed by atoms with Crippen LogP contribution in [-0.4, -0.2) is 18.0 Å². The summed E-state index contributed by atoms with van der Waals surface area (Å²) in [6.45, 7) is 4.47. The first-order valence-electron chi connectivity index (χ1n) is 7.46. The molecule has 0 saturated carbocycles. The van der Waals surface area contributed by atoms with E-state index in [0.717, 1.165) is 30.1 Å². The van der Waals surface area contributed by atoms with Gasteiger partial charge >= 0.3 is 0 Å². The molecule has 1 aliphatic rings. The van der Waals surface area contributed by atoms with Crippen LogP contribution in [0.25, 0.3) is 0 Å². The van der Waals surface area contributed by atoms with Gasteiger partial charge in [0.2, 0.25) is 0 Å². The van der Waals surface area contributed by atoms with E-state index in [4.69, 9.17) is 17.3 Å². The van der Waals surface area contributed by atoms with Gasteiger partial charge in [0.15, 0.2) is 0 Å². The van der Waals surface area contributed by atoms with Crippen molar-refractivity contribution >= 4 is 22.9 Å². The van der Waals surface area contributed by atoms with Crippen LogP contribution in [0.4, 0.5) is 0 Å². The normalized spacial score (nSPS) is 20.2. The second-order valence-electron chi connectivity index (χ2n) is 5.71. The minimum Gasteiger partial charge on any atom is -0.324 e. The lowest BCUT2D eigenvalue weighted by molar-refractivity contribution is 0.193. The van der Waals surface area contributed by atoms with Gasteiger partial charge in [0.25, 0.3) is 0 Å². The summed E-state index contributed by atoms with van der Waals surface area (Å²) in [5, 5.41) is 2.97. The number of benzene rings is 1. The highest BCUT2D eigenvalue weighted by Gasteiger charge is 2.24. The van der Waals surface area contributed by atoms with E-state index in [2.05, 4.69) is 29.3 Å². The Bertz CT molecular complexity index is 610. The van der Waals surface area contributed by atoms with E-state index in [1.54, 1.807) is 4.88 Å². The number of hydrogen-bond acceptors (Lipinski definition) is 3. The van der Waals surface area contributed by atoms with Crippen LogP contribution in [0.1, 0.15) is 41.4 Å². The molecule has 0 fully saturated rings. The molecule has 0 radical (unpaired) electrons. The number of hydrogen-bond donors (Lipinski definition) is 1. The summed E-state index contributed by atoms with van der Waals surface area (Å²) in [6.07, 6.45) is 2.13. The molecule has 2 N–H and O–H groups in total. The highest BCUT2D eigenvalue weighted by molar-refractivity contribution is 7.10. The number of fused-ring (bicyclic) bond motifs is 1. The maximum Gasteiger partial charge on any atom is 0.0409 e. The molecule has 2 unspecified atom stereocenters. The van der Waals surface area contributed by atoms with E-state index in [0.29, 0.717) is 6.04 Å². The van der Waals surface area contributed by atoms with Crippen molar-refractivity contribution in [3.63, 3.8) is 0 Å². The Balaban J connectivity index is 1.61. The number of thiophene rings is 1. The first-order chi connectivity index (χ1) is 10.1. The molecule has 0 amide bonds. The average Bonchev–Trinajstić information content (AvgIpc) is 2.95. The molecule has 0 saturated heterocycles. The van der Waals surface area contributed by atoms with Crippen LogP contribution in [0.15, 0.2) is 35.7 Å².